The van der Waals surface area contributed by atoms with Gasteiger partial charge >= 0.3 is 0 Å². The molecule has 2 nitrogen and oxygen atoms in total. The van der Waals surface area contributed by atoms with E-state index < -0.39 is 0 Å². The molecule has 0 amide bonds. The second-order valence-corrected chi connectivity index (χ2v) is 5.50. The van der Waals surface area contributed by atoms with E-state index in [-0.39, 0.29) is 6.04 Å². The van der Waals surface area contributed by atoms with Gasteiger partial charge in [-0.2, -0.15) is 0 Å². The van der Waals surface area contributed by atoms with Gasteiger partial charge in [0.05, 0.1) is 16.7 Å². The quantitative estimate of drug-likeness (QED) is 0.898. The maximum Gasteiger partial charge on any atom is 0.0898 e. The lowest BCUT2D eigenvalue weighted by molar-refractivity contribution is 0.673. The molecular weight excluding hydrogens is 228 g/mol. The highest BCUT2D eigenvalue weighted by Crippen LogP contribution is 2.24. The van der Waals surface area contributed by atoms with E-state index in [0.29, 0.717) is 0 Å². The summed E-state index contributed by atoms with van der Waals surface area (Å²) in [4.78, 5) is 4.57. The molecule has 0 fully saturated rings. The van der Waals surface area contributed by atoms with Crippen molar-refractivity contribution < 1.29 is 0 Å². The summed E-state index contributed by atoms with van der Waals surface area (Å²) in [5, 5.41) is 6.60. The summed E-state index contributed by atoms with van der Waals surface area (Å²) in [5.41, 5.74) is 5.00. The highest BCUT2D eigenvalue weighted by Gasteiger charge is 2.15. The van der Waals surface area contributed by atoms with Crippen molar-refractivity contribution in [2.24, 2.45) is 0 Å². The number of thiazole rings is 1. The van der Waals surface area contributed by atoms with Crippen LogP contribution in [-0.4, -0.2) is 12.0 Å². The second-order valence-electron chi connectivity index (χ2n) is 4.43. The first-order valence-corrected chi connectivity index (χ1v) is 6.65. The Kier molecular flexibility index (Phi) is 3.60. The van der Waals surface area contributed by atoms with Crippen molar-refractivity contribution in [2.75, 3.05) is 7.05 Å². The van der Waals surface area contributed by atoms with Crippen molar-refractivity contribution in [1.29, 1.82) is 0 Å². The third kappa shape index (κ3) is 2.73. The van der Waals surface area contributed by atoms with Gasteiger partial charge in [-0.25, -0.2) is 4.98 Å². The summed E-state index contributed by atoms with van der Waals surface area (Å²) in [5.74, 6) is 0. The van der Waals surface area contributed by atoms with Crippen molar-refractivity contribution in [1.82, 2.24) is 10.3 Å². The molecule has 2 rings (SSSR count). The van der Waals surface area contributed by atoms with Crippen LogP contribution in [0.2, 0.25) is 0 Å². The van der Waals surface area contributed by atoms with E-state index in [1.807, 2.05) is 14.0 Å². The molecule has 2 aromatic rings. The minimum absolute atomic E-state index is 0.193. The average Bonchev–Trinajstić information content (AvgIpc) is 2.64. The third-order valence-corrected chi connectivity index (χ3v) is 3.59. The molecule has 0 bridgehead atoms. The van der Waals surface area contributed by atoms with Crippen LogP contribution >= 0.6 is 11.3 Å². The van der Waals surface area contributed by atoms with Gasteiger partial charge in [0.15, 0.2) is 0 Å². The molecular formula is C14H18N2S. The van der Waals surface area contributed by atoms with E-state index in [1.165, 1.54) is 16.7 Å². The lowest BCUT2D eigenvalue weighted by atomic mass is 10.00. The minimum Gasteiger partial charge on any atom is -0.308 e. The standard InChI is InChI=1S/C14H18N2S/c1-9-5-10(2)7-12(6-9)14(15-4)13-8-17-11(3)16-13/h5-8,14-15H,1-4H3. The van der Waals surface area contributed by atoms with E-state index in [9.17, 15) is 0 Å². The third-order valence-electron chi connectivity index (χ3n) is 2.80. The van der Waals surface area contributed by atoms with Gasteiger partial charge in [-0.15, -0.1) is 11.3 Å². The van der Waals surface area contributed by atoms with Crippen molar-refractivity contribution in [3.8, 4) is 0 Å². The van der Waals surface area contributed by atoms with Gasteiger partial charge in [-0.1, -0.05) is 29.3 Å². The fraction of sp³-hybridized carbons (Fsp3) is 0.357. The zero-order valence-corrected chi connectivity index (χ0v) is 11.6. The minimum atomic E-state index is 0.193. The molecule has 1 aromatic carbocycles. The Morgan fingerprint density at radius 1 is 1.12 bits per heavy atom. The lowest BCUT2D eigenvalue weighted by Crippen LogP contribution is -2.18. The van der Waals surface area contributed by atoms with Gasteiger partial charge in [-0.05, 0) is 33.4 Å². The van der Waals surface area contributed by atoms with E-state index in [4.69, 9.17) is 0 Å². The first kappa shape index (κ1) is 12.3. The molecule has 3 heteroatoms. The fourth-order valence-corrected chi connectivity index (χ4v) is 2.81. The Hall–Kier alpha value is -1.19. The highest BCUT2D eigenvalue weighted by molar-refractivity contribution is 7.09. The lowest BCUT2D eigenvalue weighted by Gasteiger charge is -2.15. The first-order chi connectivity index (χ1) is 8.10. The Bertz CT molecular complexity index is 496. The summed E-state index contributed by atoms with van der Waals surface area (Å²) in [6, 6.07) is 6.84. The number of aryl methyl sites for hydroxylation is 3. The van der Waals surface area contributed by atoms with Crippen LogP contribution in [0.15, 0.2) is 23.6 Å². The SMILES string of the molecule is CNC(c1cc(C)cc(C)c1)c1csc(C)n1. The van der Waals surface area contributed by atoms with Gasteiger partial charge in [0.2, 0.25) is 0 Å². The molecule has 0 aliphatic carbocycles. The number of hydrogen-bond donors (Lipinski definition) is 1. The zero-order chi connectivity index (χ0) is 12.4. The molecule has 1 aromatic heterocycles. The summed E-state index contributed by atoms with van der Waals surface area (Å²) in [7, 11) is 1.98. The van der Waals surface area contributed by atoms with Gasteiger partial charge in [-0.3, -0.25) is 0 Å². The molecule has 1 unspecified atom stereocenters. The average molecular weight is 246 g/mol. The predicted octanol–water partition coefficient (Wildman–Crippen LogP) is 3.38. The smallest absolute Gasteiger partial charge is 0.0898 e. The second kappa shape index (κ2) is 4.98. The molecule has 0 spiro atoms. The molecule has 1 heterocycles. The van der Waals surface area contributed by atoms with Crippen LogP contribution in [0, 0.1) is 20.8 Å². The molecule has 0 radical (unpaired) electrons. The van der Waals surface area contributed by atoms with Crippen LogP contribution in [0.5, 0.6) is 0 Å². The van der Waals surface area contributed by atoms with Crippen molar-refractivity contribution in [3.63, 3.8) is 0 Å². The van der Waals surface area contributed by atoms with Crippen molar-refractivity contribution in [2.45, 2.75) is 26.8 Å². The van der Waals surface area contributed by atoms with Crippen LogP contribution in [0.4, 0.5) is 0 Å². The molecule has 0 saturated carbocycles. The van der Waals surface area contributed by atoms with Crippen LogP contribution in [0.1, 0.15) is 33.4 Å². The number of nitrogens with zero attached hydrogens (tertiary/aromatic N) is 1. The van der Waals surface area contributed by atoms with E-state index >= 15 is 0 Å². The van der Waals surface area contributed by atoms with Gasteiger partial charge in [0.1, 0.15) is 0 Å². The number of nitrogens with one attached hydrogen (secondary N) is 1. The zero-order valence-electron chi connectivity index (χ0n) is 10.7. The Balaban J connectivity index is 2.41. The Labute approximate surface area is 107 Å². The van der Waals surface area contributed by atoms with Crippen LogP contribution in [-0.2, 0) is 0 Å². The predicted molar refractivity (Wildman–Crippen MR) is 73.7 cm³/mol. The van der Waals surface area contributed by atoms with E-state index in [2.05, 4.69) is 47.7 Å². The fourth-order valence-electron chi connectivity index (χ4n) is 2.17. The van der Waals surface area contributed by atoms with Gasteiger partial charge < -0.3 is 5.32 Å². The Morgan fingerprint density at radius 2 is 1.76 bits per heavy atom. The Morgan fingerprint density at radius 3 is 2.24 bits per heavy atom. The number of rotatable bonds is 3. The topological polar surface area (TPSA) is 24.9 Å². The molecule has 0 saturated heterocycles. The summed E-state index contributed by atoms with van der Waals surface area (Å²) < 4.78 is 0. The first-order valence-electron chi connectivity index (χ1n) is 5.77. The number of aromatic nitrogens is 1. The highest BCUT2D eigenvalue weighted by atomic mass is 32.1. The number of hydrogen-bond acceptors (Lipinski definition) is 3. The van der Waals surface area contributed by atoms with E-state index in [0.717, 1.165) is 10.7 Å². The normalized spacial score (nSPS) is 12.7. The molecule has 1 N–H and O–H groups in total. The van der Waals surface area contributed by atoms with Crippen molar-refractivity contribution >= 4 is 11.3 Å². The monoisotopic (exact) mass is 246 g/mol. The molecule has 0 aliphatic rings. The maximum absolute atomic E-state index is 4.57. The number of benzene rings is 1. The van der Waals surface area contributed by atoms with Crippen molar-refractivity contribution in [3.05, 3.63) is 51.0 Å². The summed E-state index contributed by atoms with van der Waals surface area (Å²) in [6.45, 7) is 6.31. The van der Waals surface area contributed by atoms with Gasteiger partial charge in [0, 0.05) is 5.38 Å². The van der Waals surface area contributed by atoms with Crippen LogP contribution < -0.4 is 5.32 Å². The van der Waals surface area contributed by atoms with Gasteiger partial charge in [0.25, 0.3) is 0 Å². The summed E-state index contributed by atoms with van der Waals surface area (Å²) in [6.07, 6.45) is 0. The molecule has 17 heavy (non-hydrogen) atoms. The molecule has 1 atom stereocenters. The molecule has 90 valence electrons. The maximum atomic E-state index is 4.57. The summed E-state index contributed by atoms with van der Waals surface area (Å²) >= 11 is 1.70. The van der Waals surface area contributed by atoms with Crippen LogP contribution in [0.3, 0.4) is 0 Å². The molecule has 0 aliphatic heterocycles. The van der Waals surface area contributed by atoms with E-state index in [1.54, 1.807) is 11.3 Å². The van der Waals surface area contributed by atoms with Crippen LogP contribution in [0.25, 0.3) is 0 Å². The largest absolute Gasteiger partial charge is 0.308 e.